The molecule has 0 spiro atoms. The molecule has 0 aliphatic carbocycles. The van der Waals surface area contributed by atoms with Gasteiger partial charge in [0.1, 0.15) is 11.9 Å². The molecule has 2 saturated heterocycles. The molecular weight excluding hydrogens is 342 g/mol. The van der Waals surface area contributed by atoms with Gasteiger partial charge in [-0.25, -0.2) is 4.98 Å². The van der Waals surface area contributed by atoms with E-state index in [-0.39, 0.29) is 11.9 Å². The first kappa shape index (κ1) is 18.4. The van der Waals surface area contributed by atoms with E-state index in [1.165, 1.54) is 5.56 Å². The van der Waals surface area contributed by atoms with Crippen LogP contribution >= 0.6 is 0 Å². The fourth-order valence-corrected chi connectivity index (χ4v) is 4.02. The lowest BCUT2D eigenvalue weighted by Gasteiger charge is -2.40. The maximum atomic E-state index is 13.1. The topological polar surface area (TPSA) is 70.9 Å². The van der Waals surface area contributed by atoms with Crippen LogP contribution in [0.2, 0.25) is 0 Å². The molecule has 1 amide bonds. The number of fused-ring (bicyclic) bond motifs is 1. The number of pyridine rings is 1. The van der Waals surface area contributed by atoms with E-state index in [0.717, 1.165) is 44.2 Å². The predicted octanol–water partition coefficient (Wildman–Crippen LogP) is 0.914. The van der Waals surface area contributed by atoms with Crippen molar-refractivity contribution in [3.63, 3.8) is 0 Å². The summed E-state index contributed by atoms with van der Waals surface area (Å²) in [5, 5.41) is 6.60. The Labute approximate surface area is 160 Å². The van der Waals surface area contributed by atoms with Crippen molar-refractivity contribution in [3.8, 4) is 0 Å². The van der Waals surface area contributed by atoms with Crippen LogP contribution in [0.4, 0.5) is 0 Å². The molecule has 27 heavy (non-hydrogen) atoms. The number of nitrogens with one attached hydrogen (secondary N) is 2. The highest BCUT2D eigenvalue weighted by Crippen LogP contribution is 2.23. The minimum Gasteiger partial charge on any atom is -0.381 e. The fourth-order valence-electron chi connectivity index (χ4n) is 4.02. The standard InChI is InChI=1S/C20H29N5O2/c1-14-5-4-7-25-16(14)10-22-19(25)20(2,3)23-18(26)17-9-21-6-8-24(17)11-15-12-27-13-15/h4-5,7,10,15,17,21H,6,8-9,11-13H2,1-3H3,(H,23,26)/t17-/m0/s1. The lowest BCUT2D eigenvalue weighted by molar-refractivity contribution is -0.130. The summed E-state index contributed by atoms with van der Waals surface area (Å²) in [5.41, 5.74) is 1.67. The number of ether oxygens (including phenoxy) is 1. The zero-order chi connectivity index (χ0) is 19.0. The molecule has 4 rings (SSSR count). The third-order valence-corrected chi connectivity index (χ3v) is 5.63. The van der Waals surface area contributed by atoms with Crippen molar-refractivity contribution >= 4 is 11.4 Å². The van der Waals surface area contributed by atoms with E-state index in [1.54, 1.807) is 0 Å². The van der Waals surface area contributed by atoms with Crippen LogP contribution in [0, 0.1) is 12.8 Å². The summed E-state index contributed by atoms with van der Waals surface area (Å²) in [6.45, 7) is 11.1. The largest absolute Gasteiger partial charge is 0.381 e. The van der Waals surface area contributed by atoms with Crippen LogP contribution in [0.1, 0.15) is 25.2 Å². The van der Waals surface area contributed by atoms with Gasteiger partial charge in [0.05, 0.1) is 30.5 Å². The average Bonchev–Trinajstić information content (AvgIpc) is 3.04. The first-order chi connectivity index (χ1) is 13.0. The number of aryl methyl sites for hydroxylation is 1. The molecule has 2 aliphatic rings. The molecule has 2 aromatic heterocycles. The number of hydrogen-bond acceptors (Lipinski definition) is 5. The lowest BCUT2D eigenvalue weighted by Crippen LogP contribution is -2.61. The maximum Gasteiger partial charge on any atom is 0.239 e. The maximum absolute atomic E-state index is 13.1. The van der Waals surface area contributed by atoms with Gasteiger partial charge in [-0.3, -0.25) is 9.69 Å². The van der Waals surface area contributed by atoms with Crippen LogP contribution in [0.3, 0.4) is 0 Å². The first-order valence-corrected chi connectivity index (χ1v) is 9.73. The normalized spacial score (nSPS) is 22.0. The van der Waals surface area contributed by atoms with E-state index < -0.39 is 5.54 Å². The van der Waals surface area contributed by atoms with Crippen molar-refractivity contribution in [2.75, 3.05) is 39.4 Å². The number of carbonyl (C=O) groups excluding carboxylic acids is 1. The molecule has 2 N–H and O–H groups in total. The van der Waals surface area contributed by atoms with Crippen LogP contribution in [0.25, 0.3) is 5.52 Å². The number of carbonyl (C=O) groups is 1. The van der Waals surface area contributed by atoms with Crippen molar-refractivity contribution in [1.29, 1.82) is 0 Å². The molecule has 0 saturated carbocycles. The van der Waals surface area contributed by atoms with Crippen LogP contribution in [0.15, 0.2) is 24.5 Å². The van der Waals surface area contributed by atoms with E-state index in [0.29, 0.717) is 12.5 Å². The molecule has 4 heterocycles. The van der Waals surface area contributed by atoms with Gasteiger partial charge in [-0.2, -0.15) is 0 Å². The van der Waals surface area contributed by atoms with Crippen LogP contribution in [0.5, 0.6) is 0 Å². The summed E-state index contributed by atoms with van der Waals surface area (Å²) in [6.07, 6.45) is 3.88. The Morgan fingerprint density at radius 2 is 2.26 bits per heavy atom. The molecule has 2 fully saturated rings. The number of hydrogen-bond donors (Lipinski definition) is 2. The average molecular weight is 371 g/mol. The molecule has 1 atom stereocenters. The van der Waals surface area contributed by atoms with Gasteiger partial charge in [-0.1, -0.05) is 6.07 Å². The van der Waals surface area contributed by atoms with Gasteiger partial charge in [0, 0.05) is 38.3 Å². The molecule has 0 radical (unpaired) electrons. The summed E-state index contributed by atoms with van der Waals surface area (Å²) in [7, 11) is 0. The fraction of sp³-hybridized carbons (Fsp3) is 0.600. The number of imidazole rings is 1. The monoisotopic (exact) mass is 371 g/mol. The number of rotatable bonds is 5. The summed E-state index contributed by atoms with van der Waals surface area (Å²) in [4.78, 5) is 20.1. The minimum absolute atomic E-state index is 0.0526. The van der Waals surface area contributed by atoms with Crippen molar-refractivity contribution in [3.05, 3.63) is 35.9 Å². The quantitative estimate of drug-likeness (QED) is 0.818. The van der Waals surface area contributed by atoms with E-state index >= 15 is 0 Å². The van der Waals surface area contributed by atoms with E-state index in [9.17, 15) is 4.79 Å². The number of aromatic nitrogens is 2. The number of amides is 1. The second-order valence-electron chi connectivity index (χ2n) is 8.26. The second-order valence-corrected chi connectivity index (χ2v) is 8.26. The molecule has 146 valence electrons. The smallest absolute Gasteiger partial charge is 0.239 e. The zero-order valence-corrected chi connectivity index (χ0v) is 16.4. The highest BCUT2D eigenvalue weighted by Gasteiger charge is 2.36. The van der Waals surface area contributed by atoms with Crippen molar-refractivity contribution in [1.82, 2.24) is 24.9 Å². The third-order valence-electron chi connectivity index (χ3n) is 5.63. The molecule has 2 aromatic rings. The van der Waals surface area contributed by atoms with E-state index in [1.807, 2.05) is 32.3 Å². The molecule has 7 nitrogen and oxygen atoms in total. The third kappa shape index (κ3) is 3.59. The first-order valence-electron chi connectivity index (χ1n) is 9.73. The predicted molar refractivity (Wildman–Crippen MR) is 104 cm³/mol. The van der Waals surface area contributed by atoms with Crippen LogP contribution in [-0.4, -0.2) is 65.6 Å². The van der Waals surface area contributed by atoms with Gasteiger partial charge in [0.25, 0.3) is 0 Å². The summed E-state index contributed by atoms with van der Waals surface area (Å²) >= 11 is 0. The minimum atomic E-state index is -0.569. The van der Waals surface area contributed by atoms with Crippen molar-refractivity contribution < 1.29 is 9.53 Å². The summed E-state index contributed by atoms with van der Waals surface area (Å²) in [5.74, 6) is 1.44. The Balaban J connectivity index is 1.51. The molecular formula is C20H29N5O2. The van der Waals surface area contributed by atoms with Gasteiger partial charge in [0.2, 0.25) is 5.91 Å². The Hall–Kier alpha value is -1.96. The van der Waals surface area contributed by atoms with E-state index in [4.69, 9.17) is 4.74 Å². The highest BCUT2D eigenvalue weighted by molar-refractivity contribution is 5.83. The summed E-state index contributed by atoms with van der Waals surface area (Å²) in [6, 6.07) is 3.92. The second kappa shape index (κ2) is 7.22. The summed E-state index contributed by atoms with van der Waals surface area (Å²) < 4.78 is 7.37. The Kier molecular flexibility index (Phi) is 4.92. The van der Waals surface area contributed by atoms with E-state index in [2.05, 4.69) is 37.9 Å². The number of nitrogens with zero attached hydrogens (tertiary/aromatic N) is 3. The lowest BCUT2D eigenvalue weighted by atomic mass is 10.0. The molecule has 2 aliphatic heterocycles. The van der Waals surface area contributed by atoms with Gasteiger partial charge in [-0.15, -0.1) is 0 Å². The molecule has 0 unspecified atom stereocenters. The van der Waals surface area contributed by atoms with Gasteiger partial charge in [-0.05, 0) is 32.4 Å². The van der Waals surface area contributed by atoms with Gasteiger partial charge < -0.3 is 19.8 Å². The molecule has 7 heteroatoms. The van der Waals surface area contributed by atoms with Crippen LogP contribution in [-0.2, 0) is 15.1 Å². The molecule has 0 aromatic carbocycles. The van der Waals surface area contributed by atoms with Crippen molar-refractivity contribution in [2.45, 2.75) is 32.4 Å². The number of piperazine rings is 1. The highest BCUT2D eigenvalue weighted by atomic mass is 16.5. The Morgan fingerprint density at radius 1 is 1.44 bits per heavy atom. The SMILES string of the molecule is Cc1cccn2c(C(C)(C)NC(=O)[C@@H]3CNCCN3CC3COC3)ncc12. The van der Waals surface area contributed by atoms with Gasteiger partial charge in [0.15, 0.2) is 0 Å². The van der Waals surface area contributed by atoms with Crippen LogP contribution < -0.4 is 10.6 Å². The Morgan fingerprint density at radius 3 is 3.00 bits per heavy atom. The zero-order valence-electron chi connectivity index (χ0n) is 16.4. The Bertz CT molecular complexity index is 827. The van der Waals surface area contributed by atoms with Crippen molar-refractivity contribution in [2.24, 2.45) is 5.92 Å². The molecule has 0 bridgehead atoms. The van der Waals surface area contributed by atoms with Gasteiger partial charge >= 0.3 is 0 Å².